The van der Waals surface area contributed by atoms with E-state index in [4.69, 9.17) is 0 Å². The molecule has 1 nitrogen and oxygen atoms in total. The molecule has 0 aromatic carbocycles. The zero-order valence-corrected chi connectivity index (χ0v) is 10.7. The Kier molecular flexibility index (Phi) is 7.08. The Morgan fingerprint density at radius 2 is 1.47 bits per heavy atom. The Hall–Kier alpha value is -0.0400. The third-order valence-corrected chi connectivity index (χ3v) is 3.86. The minimum Gasteiger partial charge on any atom is -0.319 e. The van der Waals surface area contributed by atoms with Crippen LogP contribution in [-0.2, 0) is 0 Å². The SMILES string of the molecule is CNCC1CCCCCCC(C)CCC1. The van der Waals surface area contributed by atoms with Crippen LogP contribution in [0.15, 0.2) is 0 Å². The van der Waals surface area contributed by atoms with Gasteiger partial charge in [-0.15, -0.1) is 0 Å². The van der Waals surface area contributed by atoms with E-state index in [1.807, 2.05) is 0 Å². The van der Waals surface area contributed by atoms with Crippen LogP contribution in [-0.4, -0.2) is 13.6 Å². The summed E-state index contributed by atoms with van der Waals surface area (Å²) in [6.07, 6.45) is 13.1. The molecule has 1 aliphatic rings. The highest BCUT2D eigenvalue weighted by atomic mass is 14.8. The van der Waals surface area contributed by atoms with Crippen molar-refractivity contribution in [3.8, 4) is 0 Å². The fourth-order valence-corrected chi connectivity index (χ4v) is 2.82. The van der Waals surface area contributed by atoms with Crippen LogP contribution >= 0.6 is 0 Å². The van der Waals surface area contributed by atoms with Crippen molar-refractivity contribution in [2.75, 3.05) is 13.6 Å². The molecular formula is C14H29N. The molecule has 1 fully saturated rings. The summed E-state index contributed by atoms with van der Waals surface area (Å²) in [4.78, 5) is 0. The fourth-order valence-electron chi connectivity index (χ4n) is 2.82. The zero-order chi connectivity index (χ0) is 10.9. The molecule has 0 bridgehead atoms. The lowest BCUT2D eigenvalue weighted by molar-refractivity contribution is 0.385. The third-order valence-electron chi connectivity index (χ3n) is 3.86. The number of rotatable bonds is 2. The lowest BCUT2D eigenvalue weighted by Crippen LogP contribution is -2.19. The summed E-state index contributed by atoms with van der Waals surface area (Å²) in [6, 6.07) is 0. The molecule has 0 spiro atoms. The minimum absolute atomic E-state index is 0.945. The summed E-state index contributed by atoms with van der Waals surface area (Å²) in [5.74, 6) is 1.92. The average Bonchev–Trinajstić information content (AvgIpc) is 2.26. The van der Waals surface area contributed by atoms with Gasteiger partial charge in [-0.05, 0) is 38.3 Å². The van der Waals surface area contributed by atoms with Gasteiger partial charge in [-0.25, -0.2) is 0 Å². The van der Waals surface area contributed by atoms with Crippen LogP contribution in [0.5, 0.6) is 0 Å². The van der Waals surface area contributed by atoms with Crippen molar-refractivity contribution in [1.29, 1.82) is 0 Å². The molecule has 0 amide bonds. The Bertz CT molecular complexity index is 144. The first-order chi connectivity index (χ1) is 7.33. The van der Waals surface area contributed by atoms with Gasteiger partial charge in [0.05, 0.1) is 0 Å². The maximum atomic E-state index is 3.35. The van der Waals surface area contributed by atoms with Crippen molar-refractivity contribution < 1.29 is 0 Å². The lowest BCUT2D eigenvalue weighted by Gasteiger charge is -2.16. The summed E-state index contributed by atoms with van der Waals surface area (Å²) < 4.78 is 0. The molecule has 15 heavy (non-hydrogen) atoms. The molecule has 1 saturated carbocycles. The van der Waals surface area contributed by atoms with Crippen molar-refractivity contribution in [3.05, 3.63) is 0 Å². The molecule has 0 aromatic heterocycles. The van der Waals surface area contributed by atoms with Gasteiger partial charge in [-0.1, -0.05) is 51.9 Å². The Morgan fingerprint density at radius 1 is 0.867 bits per heavy atom. The highest BCUT2D eigenvalue weighted by Crippen LogP contribution is 2.23. The Labute approximate surface area is 96.0 Å². The molecule has 0 saturated heterocycles. The minimum atomic E-state index is 0.945. The van der Waals surface area contributed by atoms with Gasteiger partial charge >= 0.3 is 0 Å². The van der Waals surface area contributed by atoms with Crippen molar-refractivity contribution in [3.63, 3.8) is 0 Å². The maximum Gasteiger partial charge on any atom is -0.00235 e. The van der Waals surface area contributed by atoms with Gasteiger partial charge < -0.3 is 5.32 Å². The first-order valence-electron chi connectivity index (χ1n) is 6.97. The summed E-state index contributed by atoms with van der Waals surface area (Å²) in [5, 5.41) is 3.35. The summed E-state index contributed by atoms with van der Waals surface area (Å²) in [6.45, 7) is 3.67. The summed E-state index contributed by atoms with van der Waals surface area (Å²) >= 11 is 0. The second-order valence-corrected chi connectivity index (χ2v) is 5.45. The molecule has 0 radical (unpaired) electrons. The van der Waals surface area contributed by atoms with Gasteiger partial charge in [0.1, 0.15) is 0 Å². The van der Waals surface area contributed by atoms with E-state index in [-0.39, 0.29) is 0 Å². The summed E-state index contributed by atoms with van der Waals surface area (Å²) in [7, 11) is 2.09. The molecule has 0 aromatic rings. The Morgan fingerprint density at radius 3 is 2.20 bits per heavy atom. The van der Waals surface area contributed by atoms with Crippen molar-refractivity contribution in [2.45, 2.75) is 64.7 Å². The molecule has 1 heteroatoms. The first kappa shape index (κ1) is 13.0. The van der Waals surface area contributed by atoms with Gasteiger partial charge in [0.2, 0.25) is 0 Å². The third kappa shape index (κ3) is 6.19. The van der Waals surface area contributed by atoms with Crippen molar-refractivity contribution >= 4 is 0 Å². The highest BCUT2D eigenvalue weighted by Gasteiger charge is 2.10. The van der Waals surface area contributed by atoms with E-state index >= 15 is 0 Å². The van der Waals surface area contributed by atoms with Crippen molar-refractivity contribution in [2.24, 2.45) is 11.8 Å². The van der Waals surface area contributed by atoms with E-state index < -0.39 is 0 Å². The van der Waals surface area contributed by atoms with Crippen LogP contribution in [0.3, 0.4) is 0 Å². The van der Waals surface area contributed by atoms with Gasteiger partial charge in [0.25, 0.3) is 0 Å². The van der Waals surface area contributed by atoms with Crippen molar-refractivity contribution in [1.82, 2.24) is 5.32 Å². The molecule has 1 rings (SSSR count). The normalized spacial score (nSPS) is 30.8. The van der Waals surface area contributed by atoms with E-state index in [2.05, 4.69) is 19.3 Å². The van der Waals surface area contributed by atoms with Gasteiger partial charge in [-0.2, -0.15) is 0 Å². The number of hydrogen-bond donors (Lipinski definition) is 1. The monoisotopic (exact) mass is 211 g/mol. The first-order valence-corrected chi connectivity index (χ1v) is 6.97. The van der Waals surface area contributed by atoms with Crippen LogP contribution in [0.4, 0.5) is 0 Å². The predicted octanol–water partition coefficient (Wildman–Crippen LogP) is 3.98. The molecule has 90 valence electrons. The molecule has 0 aliphatic heterocycles. The molecular weight excluding hydrogens is 182 g/mol. The second kappa shape index (κ2) is 8.15. The van der Waals surface area contributed by atoms with Crippen LogP contribution in [0, 0.1) is 11.8 Å². The molecule has 2 unspecified atom stereocenters. The number of hydrogen-bond acceptors (Lipinski definition) is 1. The second-order valence-electron chi connectivity index (χ2n) is 5.45. The van der Waals surface area contributed by atoms with Gasteiger partial charge in [0, 0.05) is 0 Å². The van der Waals surface area contributed by atoms with E-state index in [0.29, 0.717) is 0 Å². The highest BCUT2D eigenvalue weighted by molar-refractivity contribution is 4.65. The predicted molar refractivity (Wildman–Crippen MR) is 68.1 cm³/mol. The van der Waals surface area contributed by atoms with E-state index in [1.54, 1.807) is 0 Å². The topological polar surface area (TPSA) is 12.0 Å². The molecule has 1 N–H and O–H groups in total. The maximum absolute atomic E-state index is 3.35. The van der Waals surface area contributed by atoms with Gasteiger partial charge in [0.15, 0.2) is 0 Å². The molecule has 1 aliphatic carbocycles. The van der Waals surface area contributed by atoms with E-state index in [1.165, 1.54) is 64.3 Å². The smallest absolute Gasteiger partial charge is 0.00235 e. The number of nitrogens with one attached hydrogen (secondary N) is 1. The summed E-state index contributed by atoms with van der Waals surface area (Å²) in [5.41, 5.74) is 0. The average molecular weight is 211 g/mol. The largest absolute Gasteiger partial charge is 0.319 e. The lowest BCUT2D eigenvalue weighted by atomic mass is 9.93. The van der Waals surface area contributed by atoms with Crippen LogP contribution < -0.4 is 5.32 Å². The fraction of sp³-hybridized carbons (Fsp3) is 1.00. The van der Waals surface area contributed by atoms with E-state index in [9.17, 15) is 0 Å². The molecule has 2 atom stereocenters. The molecule has 0 heterocycles. The van der Waals surface area contributed by atoms with E-state index in [0.717, 1.165) is 11.8 Å². The van der Waals surface area contributed by atoms with Crippen LogP contribution in [0.1, 0.15) is 64.7 Å². The quantitative estimate of drug-likeness (QED) is 0.728. The Balaban J connectivity index is 2.28. The standard InChI is InChI=1S/C14H29N/c1-13-8-5-3-4-6-10-14(12-15-2)11-7-9-13/h13-15H,3-12H2,1-2H3. The van der Waals surface area contributed by atoms with Crippen LogP contribution in [0.2, 0.25) is 0 Å². The van der Waals surface area contributed by atoms with Gasteiger partial charge in [-0.3, -0.25) is 0 Å². The van der Waals surface area contributed by atoms with Crippen LogP contribution in [0.25, 0.3) is 0 Å². The zero-order valence-electron chi connectivity index (χ0n) is 10.7.